The Hall–Kier alpha value is -0.610. The van der Waals surface area contributed by atoms with E-state index in [1.54, 1.807) is 0 Å². The molecule has 1 aliphatic rings. The number of aliphatic hydroxyl groups excluding tert-OH is 1. The summed E-state index contributed by atoms with van der Waals surface area (Å²) in [4.78, 5) is 12.5. The number of carbonyl (C=O) groups is 1. The van der Waals surface area contributed by atoms with Crippen LogP contribution in [0.15, 0.2) is 0 Å². The van der Waals surface area contributed by atoms with E-state index >= 15 is 0 Å². The fourth-order valence-electron chi connectivity index (χ4n) is 1.58. The number of nitrogens with two attached hydrogens (primary N) is 1. The first-order valence-corrected chi connectivity index (χ1v) is 4.30. The molecule has 0 aromatic heterocycles. The number of nitrogens with zero attached hydrogens (tertiary/aromatic N) is 1. The highest BCUT2D eigenvalue weighted by molar-refractivity contribution is 5.75. The van der Waals surface area contributed by atoms with Crippen molar-refractivity contribution < 1.29 is 9.90 Å². The van der Waals surface area contributed by atoms with Gasteiger partial charge in [-0.15, -0.1) is 0 Å². The summed E-state index contributed by atoms with van der Waals surface area (Å²) in [6.07, 6.45) is 1.48. The molecular formula is C8H16N2O2. The number of primary amides is 1. The van der Waals surface area contributed by atoms with Gasteiger partial charge in [0.15, 0.2) is 0 Å². The third-order valence-electron chi connectivity index (χ3n) is 2.35. The Bertz CT molecular complexity index is 172. The van der Waals surface area contributed by atoms with Crippen LogP contribution in [-0.2, 0) is 4.79 Å². The summed E-state index contributed by atoms with van der Waals surface area (Å²) in [5.41, 5.74) is 5.07. The smallest absolute Gasteiger partial charge is 0.231 e. The van der Waals surface area contributed by atoms with Gasteiger partial charge in [0, 0.05) is 12.6 Å². The number of amides is 1. The first kappa shape index (κ1) is 9.48. The monoisotopic (exact) mass is 172 g/mol. The average molecular weight is 172 g/mol. The van der Waals surface area contributed by atoms with Crippen LogP contribution in [0.4, 0.5) is 0 Å². The molecule has 1 rings (SSSR count). The predicted molar refractivity (Wildman–Crippen MR) is 45.5 cm³/mol. The van der Waals surface area contributed by atoms with Gasteiger partial charge in [0.2, 0.25) is 5.91 Å². The molecule has 0 saturated carbocycles. The second-order valence-corrected chi connectivity index (χ2v) is 3.48. The maximum absolute atomic E-state index is 10.6. The maximum atomic E-state index is 10.6. The molecule has 12 heavy (non-hydrogen) atoms. The van der Waals surface area contributed by atoms with Crippen molar-refractivity contribution in [2.75, 3.05) is 13.1 Å². The number of hydrogen-bond donors (Lipinski definition) is 2. The summed E-state index contributed by atoms with van der Waals surface area (Å²) in [7, 11) is 0. The van der Waals surface area contributed by atoms with E-state index in [1.165, 1.54) is 0 Å². The Morgan fingerprint density at radius 1 is 1.67 bits per heavy atom. The van der Waals surface area contributed by atoms with E-state index in [9.17, 15) is 9.90 Å². The molecule has 4 heteroatoms. The van der Waals surface area contributed by atoms with Gasteiger partial charge in [-0.05, 0) is 19.8 Å². The van der Waals surface area contributed by atoms with Gasteiger partial charge in [-0.2, -0.15) is 0 Å². The van der Waals surface area contributed by atoms with E-state index in [1.807, 2.05) is 4.90 Å². The summed E-state index contributed by atoms with van der Waals surface area (Å²) in [5, 5.41) is 9.32. The van der Waals surface area contributed by atoms with Gasteiger partial charge in [0.25, 0.3) is 0 Å². The minimum atomic E-state index is -0.323. The third-order valence-corrected chi connectivity index (χ3v) is 2.35. The lowest BCUT2D eigenvalue weighted by Crippen LogP contribution is -2.47. The van der Waals surface area contributed by atoms with Gasteiger partial charge in [0.05, 0.1) is 12.6 Å². The molecule has 0 spiro atoms. The summed E-state index contributed by atoms with van der Waals surface area (Å²) < 4.78 is 0. The molecule has 1 saturated heterocycles. The molecule has 0 aliphatic carbocycles. The lowest BCUT2D eigenvalue weighted by atomic mass is 10.0. The van der Waals surface area contributed by atoms with E-state index in [-0.39, 0.29) is 18.6 Å². The molecule has 0 radical (unpaired) electrons. The minimum absolute atomic E-state index is 0.262. The fourth-order valence-corrected chi connectivity index (χ4v) is 1.58. The first-order valence-electron chi connectivity index (χ1n) is 4.30. The number of hydrogen-bond acceptors (Lipinski definition) is 3. The largest absolute Gasteiger partial charge is 0.392 e. The zero-order valence-corrected chi connectivity index (χ0v) is 7.36. The highest BCUT2D eigenvalue weighted by Crippen LogP contribution is 2.15. The highest BCUT2D eigenvalue weighted by Gasteiger charge is 2.24. The Morgan fingerprint density at radius 2 is 2.33 bits per heavy atom. The second-order valence-electron chi connectivity index (χ2n) is 3.48. The van der Waals surface area contributed by atoms with Crippen LogP contribution < -0.4 is 5.73 Å². The van der Waals surface area contributed by atoms with Crippen molar-refractivity contribution in [2.45, 2.75) is 31.9 Å². The van der Waals surface area contributed by atoms with Crippen LogP contribution in [0.2, 0.25) is 0 Å². The minimum Gasteiger partial charge on any atom is -0.392 e. The standard InChI is InChI=1S/C8H16N2O2/c1-6-2-3-7(11)4-10(6)5-8(9)12/h6-7,11H,2-5H2,1H3,(H2,9,12). The molecule has 3 N–H and O–H groups in total. The number of β-amino-alcohol motifs (C(OH)–C–C–N with tert-alkyl or cyclic N) is 1. The number of carbonyl (C=O) groups excluding carboxylic acids is 1. The third kappa shape index (κ3) is 2.46. The van der Waals surface area contributed by atoms with E-state index in [0.717, 1.165) is 12.8 Å². The molecule has 2 atom stereocenters. The van der Waals surface area contributed by atoms with Gasteiger partial charge in [0.1, 0.15) is 0 Å². The van der Waals surface area contributed by atoms with Crippen molar-refractivity contribution in [1.82, 2.24) is 4.90 Å². The highest BCUT2D eigenvalue weighted by atomic mass is 16.3. The average Bonchev–Trinajstić information content (AvgIpc) is 1.96. The van der Waals surface area contributed by atoms with Crippen molar-refractivity contribution in [2.24, 2.45) is 5.73 Å². The van der Waals surface area contributed by atoms with Gasteiger partial charge >= 0.3 is 0 Å². The second kappa shape index (κ2) is 3.87. The predicted octanol–water partition coefficient (Wildman–Crippen LogP) is -0.683. The van der Waals surface area contributed by atoms with Gasteiger partial charge in [-0.3, -0.25) is 9.69 Å². The van der Waals surface area contributed by atoms with Crippen molar-refractivity contribution in [3.8, 4) is 0 Å². The molecule has 70 valence electrons. The number of aliphatic hydroxyl groups is 1. The molecule has 4 nitrogen and oxygen atoms in total. The van der Waals surface area contributed by atoms with Crippen LogP contribution in [0.1, 0.15) is 19.8 Å². The lowest BCUT2D eigenvalue weighted by Gasteiger charge is -2.34. The van der Waals surface area contributed by atoms with Crippen LogP contribution in [0.3, 0.4) is 0 Å². The Balaban J connectivity index is 2.43. The maximum Gasteiger partial charge on any atom is 0.231 e. The Morgan fingerprint density at radius 3 is 2.92 bits per heavy atom. The summed E-state index contributed by atoms with van der Waals surface area (Å²) in [6.45, 7) is 2.89. The fraction of sp³-hybridized carbons (Fsp3) is 0.875. The van der Waals surface area contributed by atoms with Crippen LogP contribution >= 0.6 is 0 Å². The summed E-state index contributed by atoms with van der Waals surface area (Å²) in [6, 6.07) is 0.362. The van der Waals surface area contributed by atoms with Gasteiger partial charge < -0.3 is 10.8 Å². The van der Waals surface area contributed by atoms with E-state index in [0.29, 0.717) is 12.6 Å². The number of rotatable bonds is 2. The van der Waals surface area contributed by atoms with Gasteiger partial charge in [-0.25, -0.2) is 0 Å². The molecule has 2 unspecified atom stereocenters. The van der Waals surface area contributed by atoms with E-state index in [4.69, 9.17) is 5.73 Å². The molecule has 0 aromatic rings. The van der Waals surface area contributed by atoms with Crippen molar-refractivity contribution >= 4 is 5.91 Å². The Kier molecular flexibility index (Phi) is 3.05. The van der Waals surface area contributed by atoms with E-state index in [2.05, 4.69) is 6.92 Å². The van der Waals surface area contributed by atoms with Gasteiger partial charge in [-0.1, -0.05) is 0 Å². The molecule has 1 amide bonds. The first-order chi connectivity index (χ1) is 5.59. The Labute approximate surface area is 72.3 Å². The van der Waals surface area contributed by atoms with E-state index < -0.39 is 0 Å². The van der Waals surface area contributed by atoms with Crippen LogP contribution in [-0.4, -0.2) is 41.1 Å². The van der Waals surface area contributed by atoms with Crippen molar-refractivity contribution in [1.29, 1.82) is 0 Å². The molecular weight excluding hydrogens is 156 g/mol. The molecule has 1 aliphatic heterocycles. The normalized spacial score (nSPS) is 31.8. The number of piperidine rings is 1. The SMILES string of the molecule is CC1CCC(O)CN1CC(N)=O. The molecule has 0 bridgehead atoms. The number of likely N-dealkylation sites (tertiary alicyclic amines) is 1. The molecule has 0 aromatic carbocycles. The van der Waals surface area contributed by atoms with Crippen LogP contribution in [0.25, 0.3) is 0 Å². The topological polar surface area (TPSA) is 66.6 Å². The zero-order valence-electron chi connectivity index (χ0n) is 7.36. The van der Waals surface area contributed by atoms with Crippen LogP contribution in [0.5, 0.6) is 0 Å². The van der Waals surface area contributed by atoms with Crippen molar-refractivity contribution in [3.05, 3.63) is 0 Å². The molecule has 1 fully saturated rings. The molecule has 1 heterocycles. The summed E-state index contributed by atoms with van der Waals surface area (Å²) in [5.74, 6) is -0.323. The zero-order chi connectivity index (χ0) is 9.14. The summed E-state index contributed by atoms with van der Waals surface area (Å²) >= 11 is 0. The lowest BCUT2D eigenvalue weighted by molar-refractivity contribution is -0.120. The van der Waals surface area contributed by atoms with Crippen molar-refractivity contribution in [3.63, 3.8) is 0 Å². The van der Waals surface area contributed by atoms with Crippen LogP contribution in [0, 0.1) is 0 Å². The quantitative estimate of drug-likeness (QED) is 0.580.